The van der Waals surface area contributed by atoms with Gasteiger partial charge in [-0.05, 0) is 67.8 Å². The van der Waals surface area contributed by atoms with E-state index in [1.807, 2.05) is 23.5 Å². The van der Waals surface area contributed by atoms with E-state index in [1.165, 1.54) is 57.3 Å². The summed E-state index contributed by atoms with van der Waals surface area (Å²) in [7, 11) is 0. The van der Waals surface area contributed by atoms with E-state index in [4.69, 9.17) is 10.1 Å². The van der Waals surface area contributed by atoms with Gasteiger partial charge in [-0.15, -0.1) is 46.7 Å². The Bertz CT molecular complexity index is 1530. The number of hydrogen-bond donors (Lipinski definition) is 1. The number of benzene rings is 3. The number of rotatable bonds is 4. The van der Waals surface area contributed by atoms with Crippen molar-refractivity contribution in [2.24, 2.45) is 0 Å². The van der Waals surface area contributed by atoms with Crippen LogP contribution in [-0.4, -0.2) is 15.9 Å². The van der Waals surface area contributed by atoms with Crippen LogP contribution in [0.25, 0.3) is 43.0 Å². The first-order chi connectivity index (χ1) is 17.3. The maximum absolute atomic E-state index is 10.0. The molecule has 5 rings (SSSR count). The third-order valence-corrected chi connectivity index (χ3v) is 6.80. The number of thiophene rings is 1. The average Bonchev–Trinajstić information content (AvgIpc) is 3.27. The van der Waals surface area contributed by atoms with Crippen LogP contribution in [0.2, 0.25) is 0 Å². The summed E-state index contributed by atoms with van der Waals surface area (Å²) in [6.45, 7) is 7.20. The fourth-order valence-corrected chi connectivity index (χ4v) is 5.30. The van der Waals surface area contributed by atoms with Gasteiger partial charge in [-0.1, -0.05) is 54.6 Å². The van der Waals surface area contributed by atoms with Crippen LogP contribution < -0.4 is 0 Å². The molecule has 0 saturated heterocycles. The SMILES string of the molecule is CC(=O)/C=C(/C)O.Cc1cccc(C)c1-c1cc2nc(-c3[c-]ccc(-c4ccccc4)c3)ccc2s1.[Ir]. The molecular weight excluding hydrogens is 655 g/mol. The summed E-state index contributed by atoms with van der Waals surface area (Å²) in [5, 5.41) is 8.36. The number of aryl methyl sites for hydroxylation is 2. The van der Waals surface area contributed by atoms with Gasteiger partial charge in [0.1, 0.15) is 0 Å². The molecule has 0 aliphatic carbocycles. The van der Waals surface area contributed by atoms with E-state index in [0.717, 1.165) is 16.8 Å². The molecule has 3 nitrogen and oxygen atoms in total. The van der Waals surface area contributed by atoms with Crippen molar-refractivity contribution >= 4 is 27.3 Å². The summed E-state index contributed by atoms with van der Waals surface area (Å²) in [6.07, 6.45) is 1.17. The third-order valence-electron chi connectivity index (χ3n) is 5.70. The summed E-state index contributed by atoms with van der Waals surface area (Å²) in [6, 6.07) is 33.0. The normalized spacial score (nSPS) is 10.9. The van der Waals surface area contributed by atoms with Gasteiger partial charge >= 0.3 is 0 Å². The van der Waals surface area contributed by atoms with Crippen LogP contribution in [0, 0.1) is 19.9 Å². The summed E-state index contributed by atoms with van der Waals surface area (Å²) in [5.41, 5.74) is 9.35. The van der Waals surface area contributed by atoms with Crippen molar-refractivity contribution < 1.29 is 30.0 Å². The summed E-state index contributed by atoms with van der Waals surface area (Å²) < 4.78 is 1.21. The smallest absolute Gasteiger partial charge is 0.155 e. The molecule has 0 bridgehead atoms. The van der Waals surface area contributed by atoms with Crippen LogP contribution >= 0.6 is 11.3 Å². The molecule has 0 saturated carbocycles. The second-order valence-electron chi connectivity index (χ2n) is 8.71. The zero-order valence-corrected chi connectivity index (χ0v) is 24.4. The molecule has 37 heavy (non-hydrogen) atoms. The number of nitrogens with zero attached hydrogens (tertiary/aromatic N) is 1. The second-order valence-corrected chi connectivity index (χ2v) is 9.79. The number of pyridine rings is 1. The summed E-state index contributed by atoms with van der Waals surface area (Å²) in [4.78, 5) is 16.3. The minimum atomic E-state index is -0.125. The van der Waals surface area contributed by atoms with Crippen molar-refractivity contribution in [3.63, 3.8) is 0 Å². The van der Waals surface area contributed by atoms with Crippen LogP contribution in [0.3, 0.4) is 0 Å². The van der Waals surface area contributed by atoms with Gasteiger partial charge in [-0.3, -0.25) is 9.78 Å². The van der Waals surface area contributed by atoms with Crippen molar-refractivity contribution in [3.05, 3.63) is 114 Å². The first-order valence-corrected chi connectivity index (χ1v) is 12.6. The molecule has 3 aromatic carbocycles. The standard InChI is InChI=1S/C27H20NS.C5H8O2.Ir/c1-18-8-6-9-19(2)27(18)26-17-24-25(29-26)15-14-23(28-24)22-13-7-12-21(16-22)20-10-4-3-5-11-20;1-4(6)3-5(2)7;/h3-12,14-17H,1-2H3;3,6H,1-2H3;/q-1;;/b;4-3-;. The zero-order valence-electron chi connectivity index (χ0n) is 21.2. The maximum Gasteiger partial charge on any atom is 0.155 e. The summed E-state index contributed by atoms with van der Waals surface area (Å²) in [5.74, 6) is -0.0625. The molecule has 1 N–H and O–H groups in total. The molecule has 0 aliphatic heterocycles. The molecule has 0 aliphatic rings. The van der Waals surface area contributed by atoms with Gasteiger partial charge in [0.05, 0.1) is 16.0 Å². The van der Waals surface area contributed by atoms with Crippen molar-refractivity contribution in [1.82, 2.24) is 4.98 Å². The van der Waals surface area contributed by atoms with E-state index >= 15 is 0 Å². The van der Waals surface area contributed by atoms with Gasteiger partial charge in [0, 0.05) is 31.1 Å². The number of carbonyl (C=O) groups is 1. The van der Waals surface area contributed by atoms with Crippen LogP contribution in [-0.2, 0) is 24.9 Å². The Balaban J connectivity index is 0.000000422. The van der Waals surface area contributed by atoms with Crippen LogP contribution in [0.15, 0.2) is 96.8 Å². The minimum Gasteiger partial charge on any atom is -0.512 e. The van der Waals surface area contributed by atoms with Crippen molar-refractivity contribution in [2.75, 3.05) is 0 Å². The van der Waals surface area contributed by atoms with E-state index in [-0.39, 0.29) is 31.6 Å². The number of aromatic nitrogens is 1. The van der Waals surface area contributed by atoms with Gasteiger partial charge in [-0.25, -0.2) is 0 Å². The van der Waals surface area contributed by atoms with E-state index in [1.54, 1.807) is 0 Å². The predicted octanol–water partition coefficient (Wildman–Crippen LogP) is 8.75. The Hall–Kier alpha value is -3.37. The number of allylic oxidation sites excluding steroid dienone is 2. The zero-order chi connectivity index (χ0) is 25.7. The fraction of sp³-hybridized carbons (Fsp3) is 0.125. The molecule has 0 amide bonds. The predicted molar refractivity (Wildman–Crippen MR) is 151 cm³/mol. The topological polar surface area (TPSA) is 50.2 Å². The van der Waals surface area contributed by atoms with Gasteiger partial charge in [-0.2, -0.15) is 0 Å². The number of hydrogen-bond acceptors (Lipinski definition) is 4. The van der Waals surface area contributed by atoms with Crippen molar-refractivity contribution in [3.8, 4) is 32.8 Å². The Kier molecular flexibility index (Phi) is 9.71. The molecule has 0 atom stereocenters. The molecule has 0 fully saturated rings. The monoisotopic (exact) mass is 683 g/mol. The largest absolute Gasteiger partial charge is 0.512 e. The Morgan fingerprint density at radius 3 is 2.22 bits per heavy atom. The quantitative estimate of drug-likeness (QED) is 0.117. The molecular formula is C32H28IrNO2S-. The van der Waals surface area contributed by atoms with E-state index in [2.05, 4.69) is 92.7 Å². The fourth-order valence-electron chi connectivity index (χ4n) is 4.12. The number of ketones is 1. The van der Waals surface area contributed by atoms with Crippen molar-refractivity contribution in [1.29, 1.82) is 0 Å². The number of aliphatic hydroxyl groups is 1. The van der Waals surface area contributed by atoms with Gasteiger partial charge in [0.15, 0.2) is 5.78 Å². The Labute approximate surface area is 235 Å². The van der Waals surface area contributed by atoms with E-state index in [9.17, 15) is 4.79 Å². The molecule has 2 heterocycles. The number of carbonyl (C=O) groups excluding carboxylic acids is 1. The first kappa shape index (κ1) is 28.2. The second kappa shape index (κ2) is 12.7. The molecule has 1 radical (unpaired) electrons. The molecule has 5 aromatic rings. The average molecular weight is 683 g/mol. The molecule has 5 heteroatoms. The molecule has 0 spiro atoms. The molecule has 0 unspecified atom stereocenters. The summed E-state index contributed by atoms with van der Waals surface area (Å²) >= 11 is 1.81. The van der Waals surface area contributed by atoms with E-state index < -0.39 is 0 Å². The number of fused-ring (bicyclic) bond motifs is 1. The van der Waals surface area contributed by atoms with Crippen LogP contribution in [0.4, 0.5) is 0 Å². The first-order valence-electron chi connectivity index (χ1n) is 11.7. The van der Waals surface area contributed by atoms with Crippen molar-refractivity contribution in [2.45, 2.75) is 27.7 Å². The minimum absolute atomic E-state index is 0. The van der Waals surface area contributed by atoms with Crippen LogP contribution in [0.1, 0.15) is 25.0 Å². The Morgan fingerprint density at radius 1 is 0.892 bits per heavy atom. The van der Waals surface area contributed by atoms with E-state index in [0.29, 0.717) is 0 Å². The Morgan fingerprint density at radius 2 is 1.59 bits per heavy atom. The molecule has 2 aromatic heterocycles. The maximum atomic E-state index is 10.0. The van der Waals surface area contributed by atoms with Gasteiger partial charge < -0.3 is 5.11 Å². The molecule has 189 valence electrons. The van der Waals surface area contributed by atoms with Crippen LogP contribution in [0.5, 0.6) is 0 Å². The third kappa shape index (κ3) is 7.11. The van der Waals surface area contributed by atoms with Gasteiger partial charge in [0.25, 0.3) is 0 Å². The van der Waals surface area contributed by atoms with Gasteiger partial charge in [0.2, 0.25) is 0 Å². The number of aliphatic hydroxyl groups excluding tert-OH is 1.